The fraction of sp³-hybridized carbons (Fsp3) is 0.231. The van der Waals surface area contributed by atoms with Gasteiger partial charge in [-0.05, 0) is 17.5 Å². The molecule has 1 aromatic carbocycles. The molecule has 0 saturated heterocycles. The van der Waals surface area contributed by atoms with Gasteiger partial charge in [-0.3, -0.25) is 0 Å². The summed E-state index contributed by atoms with van der Waals surface area (Å²) >= 11 is 3.59. The maximum atomic E-state index is 5.73. The Bertz CT molecular complexity index is 442. The zero-order valence-corrected chi connectivity index (χ0v) is 11.1. The molecule has 0 unspecified atom stereocenters. The Morgan fingerprint density at radius 3 is 2.82 bits per heavy atom. The molecule has 90 valence electrons. The molecule has 2 nitrogen and oxygen atoms in total. The Labute approximate surface area is 110 Å². The van der Waals surface area contributed by atoms with Crippen molar-refractivity contribution in [2.75, 3.05) is 12.4 Å². The van der Waals surface area contributed by atoms with Crippen LogP contribution >= 0.6 is 23.1 Å². The normalized spacial score (nSPS) is 10.4. The second-order valence-electron chi connectivity index (χ2n) is 3.44. The molecule has 0 fully saturated rings. The largest absolute Gasteiger partial charge is 0.492 e. The molecule has 2 aromatic rings. The van der Waals surface area contributed by atoms with Crippen LogP contribution in [0.25, 0.3) is 0 Å². The fourth-order valence-corrected chi connectivity index (χ4v) is 3.13. The van der Waals surface area contributed by atoms with E-state index in [4.69, 9.17) is 10.5 Å². The Morgan fingerprint density at radius 1 is 1.18 bits per heavy atom. The first kappa shape index (κ1) is 12.5. The van der Waals surface area contributed by atoms with Crippen LogP contribution in [0.2, 0.25) is 0 Å². The summed E-state index contributed by atoms with van der Waals surface area (Å²) in [4.78, 5) is 0. The standard InChI is InChI=1S/C13H15NOS2/c14-10-11-4-1-2-5-12(11)15-7-9-17-13-6-3-8-16-13/h1-6,8H,7,9-10,14H2. The van der Waals surface area contributed by atoms with Gasteiger partial charge in [0.2, 0.25) is 0 Å². The third-order valence-corrected chi connectivity index (χ3v) is 4.37. The minimum Gasteiger partial charge on any atom is -0.492 e. The van der Waals surface area contributed by atoms with Gasteiger partial charge in [-0.25, -0.2) is 0 Å². The first-order chi connectivity index (χ1) is 8.40. The van der Waals surface area contributed by atoms with Crippen LogP contribution in [0.4, 0.5) is 0 Å². The molecule has 0 aliphatic rings. The van der Waals surface area contributed by atoms with E-state index >= 15 is 0 Å². The quantitative estimate of drug-likeness (QED) is 0.642. The monoisotopic (exact) mass is 265 g/mol. The van der Waals surface area contributed by atoms with Crippen LogP contribution < -0.4 is 10.5 Å². The maximum Gasteiger partial charge on any atom is 0.123 e. The highest BCUT2D eigenvalue weighted by molar-refractivity contribution is 8.01. The number of thioether (sulfide) groups is 1. The number of thiophene rings is 1. The molecule has 0 aliphatic heterocycles. The van der Waals surface area contributed by atoms with Crippen LogP contribution in [0, 0.1) is 0 Å². The van der Waals surface area contributed by atoms with Gasteiger partial charge in [-0.2, -0.15) is 0 Å². The molecule has 0 amide bonds. The van der Waals surface area contributed by atoms with E-state index in [9.17, 15) is 0 Å². The Balaban J connectivity index is 1.78. The molecule has 2 rings (SSSR count). The number of hydrogen-bond donors (Lipinski definition) is 1. The van der Waals surface area contributed by atoms with Crippen LogP contribution in [0.5, 0.6) is 5.75 Å². The molecule has 0 spiro atoms. The molecule has 0 aliphatic carbocycles. The van der Waals surface area contributed by atoms with Crippen LogP contribution in [-0.4, -0.2) is 12.4 Å². The average Bonchev–Trinajstić information content (AvgIpc) is 2.88. The Hall–Kier alpha value is -0.970. The van der Waals surface area contributed by atoms with Gasteiger partial charge < -0.3 is 10.5 Å². The summed E-state index contributed by atoms with van der Waals surface area (Å²) in [5.41, 5.74) is 6.71. The molecule has 1 aromatic heterocycles. The van der Waals surface area contributed by atoms with Crippen LogP contribution in [0.3, 0.4) is 0 Å². The third kappa shape index (κ3) is 3.77. The molecule has 4 heteroatoms. The summed E-state index contributed by atoms with van der Waals surface area (Å²) < 4.78 is 7.06. The summed E-state index contributed by atoms with van der Waals surface area (Å²) in [5.74, 6) is 1.86. The van der Waals surface area contributed by atoms with E-state index in [1.54, 1.807) is 11.3 Å². The lowest BCUT2D eigenvalue weighted by Gasteiger charge is -2.09. The van der Waals surface area contributed by atoms with E-state index < -0.39 is 0 Å². The lowest BCUT2D eigenvalue weighted by atomic mass is 10.2. The Morgan fingerprint density at radius 2 is 2.06 bits per heavy atom. The van der Waals surface area contributed by atoms with Crippen molar-refractivity contribution in [3.05, 3.63) is 47.3 Å². The molecule has 2 N–H and O–H groups in total. The van der Waals surface area contributed by atoms with Crippen molar-refractivity contribution in [1.82, 2.24) is 0 Å². The van der Waals surface area contributed by atoms with Gasteiger partial charge in [-0.15, -0.1) is 23.1 Å². The van der Waals surface area contributed by atoms with E-state index in [2.05, 4.69) is 17.5 Å². The van der Waals surface area contributed by atoms with Crippen LogP contribution in [-0.2, 0) is 6.54 Å². The first-order valence-corrected chi connectivity index (χ1v) is 7.34. The molecular weight excluding hydrogens is 250 g/mol. The zero-order valence-electron chi connectivity index (χ0n) is 9.46. The lowest BCUT2D eigenvalue weighted by Crippen LogP contribution is -2.04. The number of nitrogens with two attached hydrogens (primary N) is 1. The number of rotatable bonds is 6. The van der Waals surface area contributed by atoms with Crippen LogP contribution in [0.1, 0.15) is 5.56 Å². The lowest BCUT2D eigenvalue weighted by molar-refractivity contribution is 0.340. The summed E-state index contributed by atoms with van der Waals surface area (Å²) in [5, 5.41) is 2.09. The summed E-state index contributed by atoms with van der Waals surface area (Å²) in [6, 6.07) is 12.1. The molecular formula is C13H15NOS2. The van der Waals surface area contributed by atoms with E-state index in [1.807, 2.05) is 36.0 Å². The van der Waals surface area contributed by atoms with Gasteiger partial charge in [0.25, 0.3) is 0 Å². The van der Waals surface area contributed by atoms with Gasteiger partial charge in [0.1, 0.15) is 5.75 Å². The molecule has 0 saturated carbocycles. The van der Waals surface area contributed by atoms with Crippen molar-refractivity contribution in [2.45, 2.75) is 10.8 Å². The van der Waals surface area contributed by atoms with Gasteiger partial charge in [0.05, 0.1) is 10.8 Å². The van der Waals surface area contributed by atoms with Crippen molar-refractivity contribution in [3.63, 3.8) is 0 Å². The SMILES string of the molecule is NCc1ccccc1OCCSc1cccs1. The van der Waals surface area contributed by atoms with Gasteiger partial charge in [0.15, 0.2) is 0 Å². The molecule has 0 radical (unpaired) electrons. The van der Waals surface area contributed by atoms with E-state index in [0.29, 0.717) is 13.2 Å². The minimum atomic E-state index is 0.522. The summed E-state index contributed by atoms with van der Waals surface area (Å²) in [6.07, 6.45) is 0. The smallest absolute Gasteiger partial charge is 0.123 e. The third-order valence-electron chi connectivity index (χ3n) is 2.27. The predicted molar refractivity (Wildman–Crippen MR) is 74.9 cm³/mol. The highest BCUT2D eigenvalue weighted by Gasteiger charge is 2.01. The molecule has 17 heavy (non-hydrogen) atoms. The van der Waals surface area contributed by atoms with Gasteiger partial charge in [-0.1, -0.05) is 24.3 Å². The number of para-hydroxylation sites is 1. The second-order valence-corrected chi connectivity index (χ2v) is 5.78. The second kappa shape index (κ2) is 6.69. The predicted octanol–water partition coefficient (Wildman–Crippen LogP) is 3.38. The molecule has 1 heterocycles. The van der Waals surface area contributed by atoms with Crippen LogP contribution in [0.15, 0.2) is 46.0 Å². The van der Waals surface area contributed by atoms with Crippen molar-refractivity contribution >= 4 is 23.1 Å². The Kier molecular flexibility index (Phi) is 4.91. The first-order valence-electron chi connectivity index (χ1n) is 5.47. The minimum absolute atomic E-state index is 0.522. The highest BCUT2D eigenvalue weighted by atomic mass is 32.2. The number of benzene rings is 1. The van der Waals surface area contributed by atoms with E-state index in [1.165, 1.54) is 4.21 Å². The van der Waals surface area contributed by atoms with Crippen molar-refractivity contribution < 1.29 is 4.74 Å². The maximum absolute atomic E-state index is 5.73. The van der Waals surface area contributed by atoms with Gasteiger partial charge in [0, 0.05) is 17.9 Å². The van der Waals surface area contributed by atoms with E-state index in [-0.39, 0.29) is 0 Å². The summed E-state index contributed by atoms with van der Waals surface area (Å²) in [6.45, 7) is 1.23. The topological polar surface area (TPSA) is 35.2 Å². The van der Waals surface area contributed by atoms with Crippen molar-refractivity contribution in [3.8, 4) is 5.75 Å². The molecule has 0 bridgehead atoms. The number of hydrogen-bond acceptors (Lipinski definition) is 4. The van der Waals surface area contributed by atoms with E-state index in [0.717, 1.165) is 17.1 Å². The number of ether oxygens (including phenoxy) is 1. The summed E-state index contributed by atoms with van der Waals surface area (Å²) in [7, 11) is 0. The van der Waals surface area contributed by atoms with Gasteiger partial charge >= 0.3 is 0 Å². The van der Waals surface area contributed by atoms with Crippen molar-refractivity contribution in [1.29, 1.82) is 0 Å². The van der Waals surface area contributed by atoms with Crippen molar-refractivity contribution in [2.24, 2.45) is 5.73 Å². The average molecular weight is 265 g/mol. The molecule has 0 atom stereocenters. The highest BCUT2D eigenvalue weighted by Crippen LogP contribution is 2.23. The fourth-order valence-electron chi connectivity index (χ4n) is 1.45. The zero-order chi connectivity index (χ0) is 11.9.